The van der Waals surface area contributed by atoms with E-state index in [-0.39, 0.29) is 18.0 Å². The lowest BCUT2D eigenvalue weighted by Gasteiger charge is -2.21. The zero-order chi connectivity index (χ0) is 16.6. The molecule has 3 rings (SSSR count). The summed E-state index contributed by atoms with van der Waals surface area (Å²) in [5.41, 5.74) is 8.54. The smallest absolute Gasteiger partial charge is 0.240 e. The number of hydrogen-bond donors (Lipinski definition) is 2. The molecule has 6 heteroatoms. The molecule has 0 saturated carbocycles. The predicted molar refractivity (Wildman–Crippen MR) is 89.7 cm³/mol. The highest BCUT2D eigenvalue weighted by atomic mass is 16.3. The monoisotopic (exact) mass is 312 g/mol. The fraction of sp³-hybridized carbons (Fsp3) is 0.294. The Morgan fingerprint density at radius 1 is 1.30 bits per heavy atom. The highest BCUT2D eigenvalue weighted by Crippen LogP contribution is 2.29. The minimum atomic E-state index is -0.289. The molecule has 1 amide bonds. The molecule has 0 aliphatic carbocycles. The summed E-state index contributed by atoms with van der Waals surface area (Å²) in [7, 11) is 0. The van der Waals surface area contributed by atoms with Crippen LogP contribution in [0.15, 0.2) is 41.2 Å². The highest BCUT2D eigenvalue weighted by molar-refractivity contribution is 5.86. The van der Waals surface area contributed by atoms with E-state index in [1.807, 2.05) is 49.6 Å². The third-order valence-electron chi connectivity index (χ3n) is 3.40. The van der Waals surface area contributed by atoms with E-state index in [1.54, 1.807) is 6.26 Å². The summed E-state index contributed by atoms with van der Waals surface area (Å²) in [5, 5.41) is 2.97. The number of imidazole rings is 1. The molecule has 3 N–H and O–H groups in total. The third-order valence-corrected chi connectivity index (χ3v) is 3.40. The van der Waals surface area contributed by atoms with Gasteiger partial charge in [-0.2, -0.15) is 0 Å². The van der Waals surface area contributed by atoms with Crippen molar-refractivity contribution in [2.24, 2.45) is 0 Å². The average molecular weight is 312 g/mol. The molecule has 0 spiro atoms. The number of benzene rings is 1. The summed E-state index contributed by atoms with van der Waals surface area (Å²) in [6.07, 6.45) is 3.02. The summed E-state index contributed by atoms with van der Waals surface area (Å²) in [6.45, 7) is 6.02. The molecule has 23 heavy (non-hydrogen) atoms. The summed E-state index contributed by atoms with van der Waals surface area (Å²) >= 11 is 0. The zero-order valence-corrected chi connectivity index (χ0v) is 13.5. The molecule has 6 nitrogen and oxygen atoms in total. The Hall–Kier alpha value is -2.76. The topological polar surface area (TPSA) is 86.1 Å². The van der Waals surface area contributed by atoms with Crippen molar-refractivity contribution in [2.75, 3.05) is 5.73 Å². The molecular weight excluding hydrogens is 292 g/mol. The number of rotatable bonds is 3. The number of carbonyl (C=O) groups excluding carboxylic acids is 1. The zero-order valence-electron chi connectivity index (χ0n) is 13.5. The normalized spacial score (nSPS) is 11.8. The lowest BCUT2D eigenvalue weighted by molar-refractivity contribution is -0.123. The van der Waals surface area contributed by atoms with Crippen molar-refractivity contribution in [3.05, 3.63) is 36.8 Å². The summed E-state index contributed by atoms with van der Waals surface area (Å²) in [5.74, 6) is 0.547. The van der Waals surface area contributed by atoms with Crippen molar-refractivity contribution in [3.63, 3.8) is 0 Å². The van der Waals surface area contributed by atoms with Crippen LogP contribution in [0.5, 0.6) is 0 Å². The SMILES string of the molecule is CC(C)(C)NC(=O)Cn1c(-c2cocc2N)nc2ccccc21. The van der Waals surface area contributed by atoms with Gasteiger partial charge in [-0.05, 0) is 32.9 Å². The number of carbonyl (C=O) groups is 1. The Morgan fingerprint density at radius 2 is 2.04 bits per heavy atom. The number of nitrogens with zero attached hydrogens (tertiary/aromatic N) is 2. The molecule has 0 radical (unpaired) electrons. The Morgan fingerprint density at radius 3 is 2.70 bits per heavy atom. The van der Waals surface area contributed by atoms with Crippen molar-refractivity contribution in [1.29, 1.82) is 0 Å². The van der Waals surface area contributed by atoms with E-state index in [0.717, 1.165) is 11.0 Å². The van der Waals surface area contributed by atoms with Crippen LogP contribution in [-0.4, -0.2) is 21.0 Å². The van der Waals surface area contributed by atoms with Gasteiger partial charge in [-0.15, -0.1) is 0 Å². The molecule has 0 atom stereocenters. The van der Waals surface area contributed by atoms with Crippen LogP contribution in [0.4, 0.5) is 5.69 Å². The highest BCUT2D eigenvalue weighted by Gasteiger charge is 2.20. The Balaban J connectivity index is 2.07. The number of nitrogen functional groups attached to an aromatic ring is 1. The first-order valence-electron chi connectivity index (χ1n) is 7.43. The number of hydrogen-bond acceptors (Lipinski definition) is 4. The average Bonchev–Trinajstić information content (AvgIpc) is 3.01. The number of furan rings is 1. The van der Waals surface area contributed by atoms with E-state index < -0.39 is 0 Å². The van der Waals surface area contributed by atoms with Gasteiger partial charge in [-0.3, -0.25) is 4.79 Å². The summed E-state index contributed by atoms with van der Waals surface area (Å²) in [6, 6.07) is 7.68. The van der Waals surface area contributed by atoms with E-state index in [2.05, 4.69) is 10.3 Å². The van der Waals surface area contributed by atoms with Crippen LogP contribution >= 0.6 is 0 Å². The summed E-state index contributed by atoms with van der Waals surface area (Å²) in [4.78, 5) is 17.0. The van der Waals surface area contributed by atoms with Gasteiger partial charge in [-0.1, -0.05) is 12.1 Å². The third kappa shape index (κ3) is 3.06. The van der Waals surface area contributed by atoms with Crippen molar-refractivity contribution in [1.82, 2.24) is 14.9 Å². The molecule has 0 fully saturated rings. The number of amides is 1. The lowest BCUT2D eigenvalue weighted by Crippen LogP contribution is -2.42. The molecule has 0 aliphatic heterocycles. The Labute approximate surface area is 134 Å². The number of anilines is 1. The van der Waals surface area contributed by atoms with E-state index >= 15 is 0 Å². The maximum Gasteiger partial charge on any atom is 0.240 e. The van der Waals surface area contributed by atoms with Gasteiger partial charge in [0.15, 0.2) is 0 Å². The fourth-order valence-corrected chi connectivity index (χ4v) is 2.53. The van der Waals surface area contributed by atoms with Crippen molar-refractivity contribution < 1.29 is 9.21 Å². The number of aromatic nitrogens is 2. The molecule has 2 aromatic heterocycles. The molecule has 3 aromatic rings. The minimum Gasteiger partial charge on any atom is -0.470 e. The van der Waals surface area contributed by atoms with E-state index in [0.29, 0.717) is 17.1 Å². The Bertz CT molecular complexity index is 855. The van der Waals surface area contributed by atoms with E-state index in [9.17, 15) is 4.79 Å². The van der Waals surface area contributed by atoms with Crippen LogP contribution in [0.3, 0.4) is 0 Å². The second kappa shape index (κ2) is 5.46. The van der Waals surface area contributed by atoms with E-state index in [1.165, 1.54) is 6.26 Å². The van der Waals surface area contributed by atoms with Gasteiger partial charge in [0.2, 0.25) is 5.91 Å². The quantitative estimate of drug-likeness (QED) is 0.778. The second-order valence-corrected chi connectivity index (χ2v) is 6.55. The minimum absolute atomic E-state index is 0.0797. The van der Waals surface area contributed by atoms with Crippen molar-refractivity contribution in [3.8, 4) is 11.4 Å². The molecule has 2 heterocycles. The fourth-order valence-electron chi connectivity index (χ4n) is 2.53. The van der Waals surface area contributed by atoms with Gasteiger partial charge in [0.1, 0.15) is 24.9 Å². The molecule has 0 aliphatic rings. The maximum absolute atomic E-state index is 12.4. The van der Waals surface area contributed by atoms with Gasteiger partial charge < -0.3 is 20.0 Å². The number of para-hydroxylation sites is 2. The van der Waals surface area contributed by atoms with Gasteiger partial charge in [0.25, 0.3) is 0 Å². The van der Waals surface area contributed by atoms with Gasteiger partial charge >= 0.3 is 0 Å². The molecule has 0 bridgehead atoms. The van der Waals surface area contributed by atoms with Gasteiger partial charge in [-0.25, -0.2) is 4.98 Å². The first-order valence-corrected chi connectivity index (χ1v) is 7.43. The number of nitrogens with two attached hydrogens (primary N) is 1. The first kappa shape index (κ1) is 15.1. The molecule has 120 valence electrons. The second-order valence-electron chi connectivity index (χ2n) is 6.55. The van der Waals surface area contributed by atoms with Crippen LogP contribution < -0.4 is 11.1 Å². The molecular formula is C17H20N4O2. The lowest BCUT2D eigenvalue weighted by atomic mass is 10.1. The van der Waals surface area contributed by atoms with Gasteiger partial charge in [0, 0.05) is 5.54 Å². The van der Waals surface area contributed by atoms with Crippen molar-refractivity contribution in [2.45, 2.75) is 32.9 Å². The molecule has 1 aromatic carbocycles. The Kier molecular flexibility index (Phi) is 3.60. The largest absolute Gasteiger partial charge is 0.470 e. The first-order chi connectivity index (χ1) is 10.8. The van der Waals surface area contributed by atoms with Crippen LogP contribution in [0.2, 0.25) is 0 Å². The van der Waals surface area contributed by atoms with Gasteiger partial charge in [0.05, 0.1) is 22.3 Å². The predicted octanol–water partition coefficient (Wildman–Crippen LogP) is 2.79. The van der Waals surface area contributed by atoms with Crippen LogP contribution in [0.1, 0.15) is 20.8 Å². The maximum atomic E-state index is 12.4. The van der Waals surface area contributed by atoms with E-state index in [4.69, 9.17) is 10.2 Å². The summed E-state index contributed by atoms with van der Waals surface area (Å²) < 4.78 is 7.02. The van der Waals surface area contributed by atoms with Crippen LogP contribution in [0, 0.1) is 0 Å². The molecule has 0 unspecified atom stereocenters. The number of fused-ring (bicyclic) bond motifs is 1. The van der Waals surface area contributed by atoms with Crippen LogP contribution in [-0.2, 0) is 11.3 Å². The number of nitrogens with one attached hydrogen (secondary N) is 1. The van der Waals surface area contributed by atoms with Crippen LogP contribution in [0.25, 0.3) is 22.4 Å². The van der Waals surface area contributed by atoms with Crippen molar-refractivity contribution >= 4 is 22.6 Å². The standard InChI is InChI=1S/C17H20N4O2/c1-17(2,3)20-15(22)8-21-14-7-5-4-6-13(14)19-16(21)11-9-23-10-12(11)18/h4-7,9-10H,8,18H2,1-3H3,(H,20,22). The molecule has 0 saturated heterocycles.